The van der Waals surface area contributed by atoms with Crippen molar-refractivity contribution in [1.29, 1.82) is 0 Å². The zero-order valence-corrected chi connectivity index (χ0v) is 14.9. The number of esters is 1. The minimum atomic E-state index is -0.881. The summed E-state index contributed by atoms with van der Waals surface area (Å²) in [6.07, 6.45) is 2.20. The molecule has 0 spiro atoms. The van der Waals surface area contributed by atoms with Crippen LogP contribution in [0.15, 0.2) is 60.7 Å². The summed E-state index contributed by atoms with van der Waals surface area (Å²) in [5, 5.41) is 5.47. The number of hydrogen-bond donors (Lipinski definition) is 2. The Morgan fingerprint density at radius 2 is 1.59 bits per heavy atom. The second kappa shape index (κ2) is 8.98. The lowest BCUT2D eigenvalue weighted by Gasteiger charge is -2.18. The minimum Gasteiger partial charge on any atom is -0.454 e. The van der Waals surface area contributed by atoms with E-state index in [0.29, 0.717) is 5.56 Å². The summed E-state index contributed by atoms with van der Waals surface area (Å²) < 4.78 is 5.14. The maximum Gasteiger partial charge on any atom is 0.329 e. The molecule has 1 fully saturated rings. The van der Waals surface area contributed by atoms with Gasteiger partial charge in [-0.3, -0.25) is 9.59 Å². The summed E-state index contributed by atoms with van der Waals surface area (Å²) in [5.41, 5.74) is 1.34. The molecule has 1 aliphatic carbocycles. The van der Waals surface area contributed by atoms with E-state index in [1.54, 1.807) is 24.3 Å². The lowest BCUT2D eigenvalue weighted by atomic mass is 10.1. The molecule has 1 aliphatic rings. The van der Waals surface area contributed by atoms with Gasteiger partial charge in [-0.15, -0.1) is 0 Å². The van der Waals surface area contributed by atoms with Crippen LogP contribution in [0.25, 0.3) is 0 Å². The number of rotatable bonds is 8. The Bertz CT molecular complexity index is 788. The number of benzene rings is 2. The molecular weight excluding hydrogens is 344 g/mol. The van der Waals surface area contributed by atoms with Crippen molar-refractivity contribution in [2.75, 3.05) is 6.61 Å². The van der Waals surface area contributed by atoms with Crippen LogP contribution in [0.5, 0.6) is 0 Å². The summed E-state index contributed by atoms with van der Waals surface area (Å²) in [7, 11) is 0. The van der Waals surface area contributed by atoms with Crippen molar-refractivity contribution in [2.24, 2.45) is 0 Å². The standard InChI is InChI=1S/C21H22N2O4/c24-19(22-17-11-12-17)14-27-21(26)18(13-15-7-3-1-4-8-15)23-20(25)16-9-5-2-6-10-16/h1-10,17-18H,11-14H2,(H,22,24)(H,23,25)/t18-/m1/s1. The highest BCUT2D eigenvalue weighted by Crippen LogP contribution is 2.18. The first-order valence-electron chi connectivity index (χ1n) is 8.97. The van der Waals surface area contributed by atoms with E-state index in [-0.39, 0.29) is 30.9 Å². The molecule has 1 saturated carbocycles. The topological polar surface area (TPSA) is 84.5 Å². The van der Waals surface area contributed by atoms with E-state index < -0.39 is 12.0 Å². The largest absolute Gasteiger partial charge is 0.454 e. The van der Waals surface area contributed by atoms with Crippen molar-refractivity contribution >= 4 is 17.8 Å². The highest BCUT2D eigenvalue weighted by Gasteiger charge is 2.26. The predicted octanol–water partition coefficient (Wildman–Crippen LogP) is 1.85. The molecule has 0 aliphatic heterocycles. The van der Waals surface area contributed by atoms with Crippen LogP contribution in [0, 0.1) is 0 Å². The third-order valence-corrected chi connectivity index (χ3v) is 4.20. The molecule has 2 aromatic rings. The molecular formula is C21H22N2O4. The van der Waals surface area contributed by atoms with Crippen LogP contribution in [0.2, 0.25) is 0 Å². The molecule has 1 atom stereocenters. The minimum absolute atomic E-state index is 0.203. The van der Waals surface area contributed by atoms with Crippen LogP contribution in [-0.2, 0) is 20.7 Å². The van der Waals surface area contributed by atoms with Crippen LogP contribution < -0.4 is 10.6 Å². The number of carbonyl (C=O) groups excluding carboxylic acids is 3. The molecule has 0 heterocycles. The Hall–Kier alpha value is -3.15. The van der Waals surface area contributed by atoms with E-state index in [1.807, 2.05) is 36.4 Å². The first-order chi connectivity index (χ1) is 13.1. The van der Waals surface area contributed by atoms with Gasteiger partial charge < -0.3 is 15.4 Å². The molecule has 27 heavy (non-hydrogen) atoms. The summed E-state index contributed by atoms with van der Waals surface area (Å²) in [4.78, 5) is 36.7. The van der Waals surface area contributed by atoms with Crippen molar-refractivity contribution in [2.45, 2.75) is 31.3 Å². The highest BCUT2D eigenvalue weighted by atomic mass is 16.5. The molecule has 0 radical (unpaired) electrons. The van der Waals surface area contributed by atoms with Crippen LogP contribution in [-0.4, -0.2) is 36.5 Å². The smallest absolute Gasteiger partial charge is 0.329 e. The van der Waals surface area contributed by atoms with Crippen molar-refractivity contribution in [3.8, 4) is 0 Å². The van der Waals surface area contributed by atoms with Gasteiger partial charge in [0.15, 0.2) is 6.61 Å². The zero-order valence-electron chi connectivity index (χ0n) is 14.9. The van der Waals surface area contributed by atoms with Crippen molar-refractivity contribution in [3.63, 3.8) is 0 Å². The Morgan fingerprint density at radius 3 is 2.22 bits per heavy atom. The molecule has 2 aromatic carbocycles. The number of carbonyl (C=O) groups is 3. The van der Waals surface area contributed by atoms with Gasteiger partial charge >= 0.3 is 5.97 Å². The monoisotopic (exact) mass is 366 g/mol. The highest BCUT2D eigenvalue weighted by molar-refractivity contribution is 5.97. The molecule has 0 unspecified atom stereocenters. The van der Waals surface area contributed by atoms with Gasteiger partial charge in [0.2, 0.25) is 0 Å². The maximum atomic E-state index is 12.5. The van der Waals surface area contributed by atoms with E-state index in [4.69, 9.17) is 4.74 Å². The van der Waals surface area contributed by atoms with E-state index in [2.05, 4.69) is 10.6 Å². The summed E-state index contributed by atoms with van der Waals surface area (Å²) in [6, 6.07) is 17.3. The van der Waals surface area contributed by atoms with E-state index in [1.165, 1.54) is 0 Å². The molecule has 0 aromatic heterocycles. The predicted molar refractivity (Wildman–Crippen MR) is 100.0 cm³/mol. The maximum absolute atomic E-state index is 12.5. The normalized spacial score (nSPS) is 14.1. The molecule has 6 nitrogen and oxygen atoms in total. The third-order valence-electron chi connectivity index (χ3n) is 4.20. The number of hydrogen-bond acceptors (Lipinski definition) is 4. The summed E-state index contributed by atoms with van der Waals surface area (Å²) in [5.74, 6) is -1.32. The SMILES string of the molecule is O=C(COC(=O)[C@@H](Cc1ccccc1)NC(=O)c1ccccc1)NC1CC1. The molecule has 2 N–H and O–H groups in total. The van der Waals surface area contributed by atoms with Crippen LogP contribution in [0.1, 0.15) is 28.8 Å². The fourth-order valence-electron chi connectivity index (χ4n) is 2.61. The fourth-order valence-corrected chi connectivity index (χ4v) is 2.61. The Kier molecular flexibility index (Phi) is 6.20. The summed E-state index contributed by atoms with van der Waals surface area (Å²) in [6.45, 7) is -0.345. The Balaban J connectivity index is 1.63. The van der Waals surface area contributed by atoms with Gasteiger partial charge in [-0.2, -0.15) is 0 Å². The number of amides is 2. The number of ether oxygens (including phenoxy) is 1. The van der Waals surface area contributed by atoms with E-state index in [9.17, 15) is 14.4 Å². The Labute approximate surface area is 157 Å². The van der Waals surface area contributed by atoms with Gasteiger partial charge in [0, 0.05) is 18.0 Å². The molecule has 6 heteroatoms. The van der Waals surface area contributed by atoms with E-state index in [0.717, 1.165) is 18.4 Å². The van der Waals surface area contributed by atoms with Gasteiger partial charge in [-0.25, -0.2) is 4.79 Å². The Morgan fingerprint density at radius 1 is 0.963 bits per heavy atom. The first-order valence-corrected chi connectivity index (χ1v) is 8.97. The van der Waals surface area contributed by atoms with Crippen LogP contribution >= 0.6 is 0 Å². The average molecular weight is 366 g/mol. The van der Waals surface area contributed by atoms with Gasteiger partial charge in [-0.05, 0) is 30.5 Å². The second-order valence-corrected chi connectivity index (χ2v) is 6.53. The number of nitrogens with one attached hydrogen (secondary N) is 2. The van der Waals surface area contributed by atoms with Crippen molar-refractivity contribution in [3.05, 3.63) is 71.8 Å². The second-order valence-electron chi connectivity index (χ2n) is 6.53. The van der Waals surface area contributed by atoms with Gasteiger partial charge in [0.05, 0.1) is 0 Å². The van der Waals surface area contributed by atoms with Gasteiger partial charge in [-0.1, -0.05) is 48.5 Å². The van der Waals surface area contributed by atoms with Gasteiger partial charge in [0.1, 0.15) is 6.04 Å². The van der Waals surface area contributed by atoms with Gasteiger partial charge in [0.25, 0.3) is 11.8 Å². The molecule has 140 valence electrons. The fraction of sp³-hybridized carbons (Fsp3) is 0.286. The molecule has 0 saturated heterocycles. The third kappa shape index (κ3) is 5.95. The quantitative estimate of drug-likeness (QED) is 0.699. The average Bonchev–Trinajstić information content (AvgIpc) is 3.51. The first kappa shape index (κ1) is 18.6. The molecule has 2 amide bonds. The van der Waals surface area contributed by atoms with Crippen molar-refractivity contribution in [1.82, 2.24) is 10.6 Å². The molecule has 3 rings (SSSR count). The molecule has 0 bridgehead atoms. The van der Waals surface area contributed by atoms with E-state index >= 15 is 0 Å². The zero-order chi connectivity index (χ0) is 19.1. The van der Waals surface area contributed by atoms with Crippen LogP contribution in [0.3, 0.4) is 0 Å². The summed E-state index contributed by atoms with van der Waals surface area (Å²) >= 11 is 0. The van der Waals surface area contributed by atoms with Crippen LogP contribution in [0.4, 0.5) is 0 Å². The van der Waals surface area contributed by atoms with Crippen molar-refractivity contribution < 1.29 is 19.1 Å². The lowest BCUT2D eigenvalue weighted by molar-refractivity contribution is -0.150. The lowest BCUT2D eigenvalue weighted by Crippen LogP contribution is -2.44.